The molecular formula is C10H19NO3S. The molecule has 5 heteroatoms. The van der Waals surface area contributed by atoms with Crippen LogP contribution >= 0.6 is 0 Å². The Labute approximate surface area is 91.3 Å². The number of morpholine rings is 1. The summed E-state index contributed by atoms with van der Waals surface area (Å²) in [5, 5.41) is 3.40. The number of nitrogens with one attached hydrogen (secondary N) is 1. The van der Waals surface area contributed by atoms with Gasteiger partial charge < -0.3 is 10.1 Å². The lowest BCUT2D eigenvalue weighted by molar-refractivity contribution is -0.0804. The molecule has 0 radical (unpaired) electrons. The van der Waals surface area contributed by atoms with Gasteiger partial charge in [0.15, 0.2) is 9.84 Å². The summed E-state index contributed by atoms with van der Waals surface area (Å²) in [6, 6.07) is 0.216. The monoisotopic (exact) mass is 233 g/mol. The van der Waals surface area contributed by atoms with E-state index >= 15 is 0 Å². The van der Waals surface area contributed by atoms with Gasteiger partial charge in [-0.1, -0.05) is 13.3 Å². The summed E-state index contributed by atoms with van der Waals surface area (Å²) in [7, 11) is -2.87. The molecule has 0 saturated carbocycles. The first-order valence-corrected chi connectivity index (χ1v) is 7.48. The van der Waals surface area contributed by atoms with Gasteiger partial charge in [0.05, 0.1) is 23.7 Å². The van der Waals surface area contributed by atoms with E-state index in [4.69, 9.17) is 4.74 Å². The fraction of sp³-hybridized carbons (Fsp3) is 1.00. The predicted octanol–water partition coefficient (Wildman–Crippen LogP) is 0.332. The third-order valence-corrected chi connectivity index (χ3v) is 5.15. The molecule has 2 aliphatic rings. The lowest BCUT2D eigenvalue weighted by atomic mass is 9.89. The normalized spacial score (nSPS) is 39.7. The van der Waals surface area contributed by atoms with E-state index in [1.54, 1.807) is 0 Å². The highest BCUT2D eigenvalue weighted by Crippen LogP contribution is 2.34. The predicted molar refractivity (Wildman–Crippen MR) is 58.7 cm³/mol. The van der Waals surface area contributed by atoms with Crippen molar-refractivity contribution in [2.45, 2.75) is 37.8 Å². The van der Waals surface area contributed by atoms with Crippen molar-refractivity contribution in [3.8, 4) is 0 Å². The van der Waals surface area contributed by atoms with Crippen molar-refractivity contribution in [2.75, 3.05) is 24.7 Å². The summed E-state index contributed by atoms with van der Waals surface area (Å²) in [5.74, 6) is 0.493. The van der Waals surface area contributed by atoms with Crippen molar-refractivity contribution < 1.29 is 13.2 Å². The van der Waals surface area contributed by atoms with Crippen LogP contribution in [-0.4, -0.2) is 44.7 Å². The summed E-state index contributed by atoms with van der Waals surface area (Å²) >= 11 is 0. The molecule has 4 nitrogen and oxygen atoms in total. The lowest BCUT2D eigenvalue weighted by Crippen LogP contribution is -2.58. The van der Waals surface area contributed by atoms with Gasteiger partial charge in [0, 0.05) is 12.6 Å². The Morgan fingerprint density at radius 1 is 1.53 bits per heavy atom. The van der Waals surface area contributed by atoms with Crippen LogP contribution in [0.1, 0.15) is 26.2 Å². The molecule has 15 heavy (non-hydrogen) atoms. The van der Waals surface area contributed by atoms with Gasteiger partial charge in [-0.2, -0.15) is 0 Å². The molecule has 2 heterocycles. The molecule has 88 valence electrons. The van der Waals surface area contributed by atoms with Gasteiger partial charge in [-0.15, -0.1) is 0 Å². The molecule has 2 rings (SSSR count). The molecule has 0 aromatic rings. The molecule has 2 saturated heterocycles. The zero-order chi connectivity index (χ0) is 10.9. The van der Waals surface area contributed by atoms with Crippen LogP contribution in [-0.2, 0) is 14.6 Å². The topological polar surface area (TPSA) is 55.4 Å². The summed E-state index contributed by atoms with van der Waals surface area (Å²) in [6.07, 6.45) is 2.71. The highest BCUT2D eigenvalue weighted by atomic mass is 32.2. The minimum absolute atomic E-state index is 0.206. The third-order valence-electron chi connectivity index (χ3n) is 3.40. The molecule has 2 unspecified atom stereocenters. The molecule has 0 amide bonds. The maximum absolute atomic E-state index is 11.5. The van der Waals surface area contributed by atoms with Gasteiger partial charge in [-0.3, -0.25) is 0 Å². The maximum Gasteiger partial charge on any atom is 0.153 e. The summed E-state index contributed by atoms with van der Waals surface area (Å²) in [4.78, 5) is 0. The van der Waals surface area contributed by atoms with Gasteiger partial charge in [-0.05, 0) is 12.8 Å². The fourth-order valence-corrected chi connectivity index (χ4v) is 4.64. The number of hydrogen-bond acceptors (Lipinski definition) is 4. The van der Waals surface area contributed by atoms with Crippen LogP contribution < -0.4 is 5.32 Å². The van der Waals surface area contributed by atoms with Crippen LogP contribution in [0, 0.1) is 0 Å². The second kappa shape index (κ2) is 4.03. The summed E-state index contributed by atoms with van der Waals surface area (Å²) in [5.41, 5.74) is -0.424. The molecule has 2 aliphatic heterocycles. The van der Waals surface area contributed by atoms with E-state index in [0.29, 0.717) is 13.0 Å². The fourth-order valence-electron chi connectivity index (χ4n) is 2.66. The van der Waals surface area contributed by atoms with Crippen LogP contribution in [0.5, 0.6) is 0 Å². The Bertz CT molecular complexity index is 326. The maximum atomic E-state index is 11.5. The van der Waals surface area contributed by atoms with E-state index in [1.165, 1.54) is 0 Å². The second-order valence-electron chi connectivity index (χ2n) is 4.55. The van der Waals surface area contributed by atoms with Crippen LogP contribution in [0.2, 0.25) is 0 Å². The van der Waals surface area contributed by atoms with Crippen molar-refractivity contribution in [3.05, 3.63) is 0 Å². The van der Waals surface area contributed by atoms with Crippen molar-refractivity contribution in [1.29, 1.82) is 0 Å². The molecule has 0 aliphatic carbocycles. The van der Waals surface area contributed by atoms with E-state index in [1.807, 2.05) is 0 Å². The SMILES string of the molecule is CCCC1NCCOC12CCS(=O)(=O)C2. The molecule has 0 bridgehead atoms. The number of rotatable bonds is 2. The van der Waals surface area contributed by atoms with Gasteiger partial charge in [0.2, 0.25) is 0 Å². The lowest BCUT2D eigenvalue weighted by Gasteiger charge is -2.41. The zero-order valence-electron chi connectivity index (χ0n) is 9.16. The first-order chi connectivity index (χ1) is 7.08. The molecular weight excluding hydrogens is 214 g/mol. The Hall–Kier alpha value is -0.130. The van der Waals surface area contributed by atoms with Crippen molar-refractivity contribution >= 4 is 9.84 Å². The third kappa shape index (κ3) is 2.19. The van der Waals surface area contributed by atoms with Crippen LogP contribution in [0.4, 0.5) is 0 Å². The molecule has 1 spiro atoms. The number of ether oxygens (including phenoxy) is 1. The van der Waals surface area contributed by atoms with Gasteiger partial charge in [0.1, 0.15) is 0 Å². The van der Waals surface area contributed by atoms with E-state index < -0.39 is 15.4 Å². The Balaban J connectivity index is 2.16. The average molecular weight is 233 g/mol. The first-order valence-electron chi connectivity index (χ1n) is 5.66. The van der Waals surface area contributed by atoms with Crippen LogP contribution in [0.25, 0.3) is 0 Å². The van der Waals surface area contributed by atoms with Gasteiger partial charge >= 0.3 is 0 Å². The minimum Gasteiger partial charge on any atom is -0.371 e. The molecule has 0 aromatic heterocycles. The molecule has 2 fully saturated rings. The van der Waals surface area contributed by atoms with Crippen molar-refractivity contribution in [2.24, 2.45) is 0 Å². The van der Waals surface area contributed by atoms with Crippen molar-refractivity contribution in [1.82, 2.24) is 5.32 Å². The number of hydrogen-bond donors (Lipinski definition) is 1. The van der Waals surface area contributed by atoms with Crippen LogP contribution in [0.3, 0.4) is 0 Å². The quantitative estimate of drug-likeness (QED) is 0.747. The minimum atomic E-state index is -2.87. The molecule has 1 N–H and O–H groups in total. The second-order valence-corrected chi connectivity index (χ2v) is 6.73. The smallest absolute Gasteiger partial charge is 0.153 e. The van der Waals surface area contributed by atoms with Gasteiger partial charge in [-0.25, -0.2) is 8.42 Å². The Morgan fingerprint density at radius 2 is 2.33 bits per heavy atom. The molecule has 0 aromatic carbocycles. The largest absolute Gasteiger partial charge is 0.371 e. The number of sulfone groups is 1. The highest BCUT2D eigenvalue weighted by Gasteiger charge is 2.49. The van der Waals surface area contributed by atoms with E-state index in [-0.39, 0.29) is 17.5 Å². The molecule has 2 atom stereocenters. The zero-order valence-corrected chi connectivity index (χ0v) is 9.98. The van der Waals surface area contributed by atoms with E-state index in [9.17, 15) is 8.42 Å². The Kier molecular flexibility index (Phi) is 3.05. The summed E-state index contributed by atoms with van der Waals surface area (Å²) < 4.78 is 28.9. The highest BCUT2D eigenvalue weighted by molar-refractivity contribution is 7.91. The van der Waals surface area contributed by atoms with Crippen molar-refractivity contribution in [3.63, 3.8) is 0 Å². The van der Waals surface area contributed by atoms with E-state index in [2.05, 4.69) is 12.2 Å². The van der Waals surface area contributed by atoms with Crippen LogP contribution in [0.15, 0.2) is 0 Å². The summed E-state index contributed by atoms with van der Waals surface area (Å²) in [6.45, 7) is 3.59. The standard InChI is InChI=1S/C10H19NO3S/c1-2-3-9-10(14-6-5-11-9)4-7-15(12,13)8-10/h9,11H,2-8H2,1H3. The van der Waals surface area contributed by atoms with Gasteiger partial charge in [0.25, 0.3) is 0 Å². The van der Waals surface area contributed by atoms with E-state index in [0.717, 1.165) is 19.4 Å². The average Bonchev–Trinajstić information content (AvgIpc) is 2.48. The Morgan fingerprint density at radius 3 is 2.93 bits per heavy atom. The first kappa shape index (κ1) is 11.4.